The zero-order valence-corrected chi connectivity index (χ0v) is 4.57. The maximum Gasteiger partial charge on any atom is 0.297 e. The number of ether oxygens (including phenoxy) is 1. The minimum atomic E-state index is -0.560. The predicted molar refractivity (Wildman–Crippen MR) is 28.0 cm³/mol. The average molecular weight is 116 g/mol. The first-order chi connectivity index (χ1) is 3.77. The van der Waals surface area contributed by atoms with Gasteiger partial charge in [-0.2, -0.15) is 0 Å². The highest BCUT2D eigenvalue weighted by Crippen LogP contribution is 1.80. The Morgan fingerprint density at radius 3 is 2.75 bits per heavy atom. The number of aliphatic hydroxyl groups is 1. The fourth-order valence-electron chi connectivity index (χ4n) is 0.191. The number of rotatable bonds is 3. The van der Waals surface area contributed by atoms with E-state index in [9.17, 15) is 4.79 Å². The van der Waals surface area contributed by atoms with Gasteiger partial charge in [0.25, 0.3) is 6.47 Å². The smallest absolute Gasteiger partial charge is 0.297 e. The molecule has 0 aliphatic rings. The van der Waals surface area contributed by atoms with Gasteiger partial charge in [0.05, 0.1) is 12.4 Å². The summed E-state index contributed by atoms with van der Waals surface area (Å²) in [5, 5.41) is 8.50. The summed E-state index contributed by atoms with van der Waals surface area (Å²) >= 11 is 0. The Morgan fingerprint density at radius 2 is 2.38 bits per heavy atom. The van der Waals surface area contributed by atoms with E-state index in [1.54, 1.807) is 6.92 Å². The van der Waals surface area contributed by atoms with Crippen LogP contribution in [0.5, 0.6) is 0 Å². The van der Waals surface area contributed by atoms with Crippen molar-refractivity contribution in [2.24, 2.45) is 0 Å². The summed E-state index contributed by atoms with van der Waals surface area (Å²) in [6.45, 7) is 1.85. The number of hydrogen-bond acceptors (Lipinski definition) is 3. The Hall–Kier alpha value is -0.830. The Morgan fingerprint density at radius 1 is 1.75 bits per heavy atom. The van der Waals surface area contributed by atoms with Crippen LogP contribution in [0.1, 0.15) is 6.92 Å². The monoisotopic (exact) mass is 116 g/mol. The van der Waals surface area contributed by atoms with Crippen LogP contribution in [0.4, 0.5) is 0 Å². The van der Waals surface area contributed by atoms with Crippen LogP contribution in [0.15, 0.2) is 12.3 Å². The Balaban J connectivity index is 3.19. The summed E-state index contributed by atoms with van der Waals surface area (Å²) in [7, 11) is 0. The first kappa shape index (κ1) is 7.17. The van der Waals surface area contributed by atoms with E-state index in [1.165, 1.54) is 6.08 Å². The summed E-state index contributed by atoms with van der Waals surface area (Å²) in [6, 6.07) is 0. The Bertz CT molecular complexity index is 85.7. The highest BCUT2D eigenvalue weighted by atomic mass is 16.5. The summed E-state index contributed by atoms with van der Waals surface area (Å²) in [6.07, 6.45) is 1.93. The normalized spacial score (nSPS) is 13.8. The van der Waals surface area contributed by atoms with Gasteiger partial charge in [-0.3, -0.25) is 4.79 Å². The summed E-state index contributed by atoms with van der Waals surface area (Å²) in [5.74, 6) is 0. The van der Waals surface area contributed by atoms with Gasteiger partial charge in [-0.15, -0.1) is 0 Å². The van der Waals surface area contributed by atoms with Crippen LogP contribution in [-0.2, 0) is 9.53 Å². The summed E-state index contributed by atoms with van der Waals surface area (Å²) < 4.78 is 4.12. The second-order valence-electron chi connectivity index (χ2n) is 1.30. The van der Waals surface area contributed by atoms with Gasteiger partial charge in [0, 0.05) is 0 Å². The molecular weight excluding hydrogens is 108 g/mol. The molecule has 0 amide bonds. The number of carbonyl (C=O) groups excluding carboxylic acids is 1. The summed E-state index contributed by atoms with van der Waals surface area (Å²) in [5.41, 5.74) is 0. The minimum Gasteiger partial charge on any atom is -0.437 e. The van der Waals surface area contributed by atoms with Gasteiger partial charge in [0.15, 0.2) is 0 Å². The molecule has 0 bridgehead atoms. The lowest BCUT2D eigenvalue weighted by molar-refractivity contribution is -0.123. The van der Waals surface area contributed by atoms with Crippen molar-refractivity contribution in [2.45, 2.75) is 13.0 Å². The van der Waals surface area contributed by atoms with Gasteiger partial charge in [-0.05, 0) is 13.0 Å². The van der Waals surface area contributed by atoms with E-state index in [4.69, 9.17) is 5.11 Å². The lowest BCUT2D eigenvalue weighted by Crippen LogP contribution is -1.91. The molecule has 1 unspecified atom stereocenters. The largest absolute Gasteiger partial charge is 0.437 e. The van der Waals surface area contributed by atoms with Gasteiger partial charge < -0.3 is 9.84 Å². The van der Waals surface area contributed by atoms with Crippen molar-refractivity contribution in [3.8, 4) is 0 Å². The third-order valence-corrected chi connectivity index (χ3v) is 0.491. The van der Waals surface area contributed by atoms with Crippen LogP contribution >= 0.6 is 0 Å². The molecule has 0 aromatic carbocycles. The van der Waals surface area contributed by atoms with Crippen molar-refractivity contribution in [1.29, 1.82) is 0 Å². The first-order valence-corrected chi connectivity index (χ1v) is 2.21. The standard InChI is InChI=1S/C5H8O3/c1-5(7)2-3-8-4-6/h2-5,7H,1H3/b3-2+. The van der Waals surface area contributed by atoms with Crippen molar-refractivity contribution in [3.63, 3.8) is 0 Å². The average Bonchev–Trinajstić information content (AvgIpc) is 1.66. The molecule has 8 heavy (non-hydrogen) atoms. The van der Waals surface area contributed by atoms with E-state index >= 15 is 0 Å². The van der Waals surface area contributed by atoms with Crippen molar-refractivity contribution < 1.29 is 14.6 Å². The first-order valence-electron chi connectivity index (χ1n) is 2.21. The molecule has 0 rings (SSSR count). The zero-order valence-electron chi connectivity index (χ0n) is 4.57. The molecule has 0 saturated carbocycles. The lowest BCUT2D eigenvalue weighted by Gasteiger charge is -1.89. The van der Waals surface area contributed by atoms with Crippen molar-refractivity contribution in [3.05, 3.63) is 12.3 Å². The zero-order chi connectivity index (χ0) is 6.41. The minimum absolute atomic E-state index is 0.291. The molecule has 0 saturated heterocycles. The Kier molecular flexibility index (Phi) is 3.88. The molecule has 0 fully saturated rings. The molecule has 0 aliphatic carbocycles. The molecular formula is C5H8O3. The molecule has 0 spiro atoms. The third-order valence-electron chi connectivity index (χ3n) is 0.491. The maximum absolute atomic E-state index is 9.43. The van der Waals surface area contributed by atoms with E-state index in [0.29, 0.717) is 6.47 Å². The molecule has 1 N–H and O–H groups in total. The second kappa shape index (κ2) is 4.33. The van der Waals surface area contributed by atoms with Gasteiger partial charge in [0.2, 0.25) is 0 Å². The molecule has 1 atom stereocenters. The van der Waals surface area contributed by atoms with Gasteiger partial charge in [-0.25, -0.2) is 0 Å². The van der Waals surface area contributed by atoms with Gasteiger partial charge in [-0.1, -0.05) is 0 Å². The molecule has 3 nitrogen and oxygen atoms in total. The van der Waals surface area contributed by atoms with E-state index in [-0.39, 0.29) is 0 Å². The molecule has 46 valence electrons. The van der Waals surface area contributed by atoms with Crippen molar-refractivity contribution in [1.82, 2.24) is 0 Å². The van der Waals surface area contributed by atoms with Gasteiger partial charge in [0.1, 0.15) is 0 Å². The van der Waals surface area contributed by atoms with Crippen LogP contribution in [0.3, 0.4) is 0 Å². The van der Waals surface area contributed by atoms with Gasteiger partial charge >= 0.3 is 0 Å². The third kappa shape index (κ3) is 5.17. The predicted octanol–water partition coefficient (Wildman–Crippen LogP) is 0.0539. The van der Waals surface area contributed by atoms with Crippen LogP contribution in [-0.4, -0.2) is 17.7 Å². The van der Waals surface area contributed by atoms with Crippen molar-refractivity contribution >= 4 is 6.47 Å². The van der Waals surface area contributed by atoms with Crippen LogP contribution in [0.2, 0.25) is 0 Å². The number of hydrogen-bond donors (Lipinski definition) is 1. The second-order valence-corrected chi connectivity index (χ2v) is 1.30. The number of aliphatic hydroxyl groups excluding tert-OH is 1. The highest BCUT2D eigenvalue weighted by Gasteiger charge is 1.81. The molecule has 0 heterocycles. The van der Waals surface area contributed by atoms with E-state index < -0.39 is 6.10 Å². The molecule has 3 heteroatoms. The van der Waals surface area contributed by atoms with E-state index in [1.807, 2.05) is 0 Å². The van der Waals surface area contributed by atoms with Crippen LogP contribution in [0.25, 0.3) is 0 Å². The number of carbonyl (C=O) groups is 1. The topological polar surface area (TPSA) is 46.5 Å². The van der Waals surface area contributed by atoms with E-state index in [0.717, 1.165) is 6.26 Å². The van der Waals surface area contributed by atoms with E-state index in [2.05, 4.69) is 4.74 Å². The van der Waals surface area contributed by atoms with Crippen molar-refractivity contribution in [2.75, 3.05) is 0 Å². The fraction of sp³-hybridized carbons (Fsp3) is 0.400. The quantitative estimate of drug-likeness (QED) is 0.418. The van der Waals surface area contributed by atoms with Crippen LogP contribution in [0, 0.1) is 0 Å². The molecule has 0 aromatic heterocycles. The molecule has 0 aliphatic heterocycles. The highest BCUT2D eigenvalue weighted by molar-refractivity contribution is 5.38. The maximum atomic E-state index is 9.43. The lowest BCUT2D eigenvalue weighted by atomic mass is 10.4. The summed E-state index contributed by atoms with van der Waals surface area (Å²) in [4.78, 5) is 9.43. The van der Waals surface area contributed by atoms with Crippen LogP contribution < -0.4 is 0 Å². The Labute approximate surface area is 47.6 Å². The fourth-order valence-corrected chi connectivity index (χ4v) is 0.191. The molecule has 0 radical (unpaired) electrons. The SMILES string of the molecule is CC(O)/C=C/OC=O. The molecule has 0 aromatic rings.